The molecule has 1 saturated heterocycles. The maximum Gasteiger partial charge on any atom is 0.238 e. The van der Waals surface area contributed by atoms with Crippen molar-refractivity contribution in [3.05, 3.63) is 29.3 Å². The van der Waals surface area contributed by atoms with Crippen LogP contribution in [0.4, 0.5) is 5.69 Å². The van der Waals surface area contributed by atoms with E-state index in [9.17, 15) is 13.2 Å². The number of hydrogen-bond acceptors (Lipinski definition) is 4. The van der Waals surface area contributed by atoms with Gasteiger partial charge in [0, 0.05) is 25.3 Å². The lowest BCUT2D eigenvalue weighted by molar-refractivity contribution is -0.117. The van der Waals surface area contributed by atoms with Gasteiger partial charge in [-0.25, -0.2) is 12.7 Å². The molecule has 0 saturated carbocycles. The average molecular weight is 368 g/mol. The molecule has 1 aliphatic rings. The van der Waals surface area contributed by atoms with Crippen LogP contribution >= 0.6 is 0 Å². The Morgan fingerprint density at radius 3 is 2.56 bits per heavy atom. The molecule has 1 aliphatic heterocycles. The van der Waals surface area contributed by atoms with Crippen molar-refractivity contribution < 1.29 is 13.2 Å². The first-order valence-electron chi connectivity index (χ1n) is 8.75. The topological polar surface area (TPSA) is 69.7 Å². The Kier molecular flexibility index (Phi) is 6.59. The van der Waals surface area contributed by atoms with E-state index in [1.165, 1.54) is 10.6 Å². The Morgan fingerprint density at radius 2 is 1.92 bits per heavy atom. The molecule has 0 spiro atoms. The predicted octanol–water partition coefficient (Wildman–Crippen LogP) is 2.02. The van der Waals surface area contributed by atoms with Crippen LogP contribution in [0.2, 0.25) is 0 Å². The highest BCUT2D eigenvalue weighted by Gasteiger charge is 2.22. The fourth-order valence-corrected chi connectivity index (χ4v) is 4.04. The van der Waals surface area contributed by atoms with Gasteiger partial charge in [-0.05, 0) is 36.9 Å². The van der Waals surface area contributed by atoms with E-state index >= 15 is 0 Å². The zero-order valence-electron chi connectivity index (χ0n) is 15.6. The SMILES string of the molecule is Cc1cccc(C(C)C)c1NC(=O)CN1CCCN(S(C)(=O)=O)CC1. The third kappa shape index (κ3) is 5.52. The molecule has 140 valence electrons. The third-order valence-corrected chi connectivity index (χ3v) is 5.88. The van der Waals surface area contributed by atoms with Gasteiger partial charge in [-0.2, -0.15) is 0 Å². The summed E-state index contributed by atoms with van der Waals surface area (Å²) in [6.07, 6.45) is 1.98. The standard InChI is InChI=1S/C18H29N3O3S/c1-14(2)16-8-5-7-15(3)18(16)19-17(22)13-20-9-6-10-21(12-11-20)25(4,23)24/h5,7-8,14H,6,9-13H2,1-4H3,(H,19,22). The summed E-state index contributed by atoms with van der Waals surface area (Å²) in [6.45, 7) is 8.76. The average Bonchev–Trinajstić information content (AvgIpc) is 2.74. The number of para-hydroxylation sites is 1. The van der Waals surface area contributed by atoms with Crippen LogP contribution in [-0.4, -0.2) is 62.5 Å². The summed E-state index contributed by atoms with van der Waals surface area (Å²) in [6, 6.07) is 6.05. The highest BCUT2D eigenvalue weighted by molar-refractivity contribution is 7.88. The summed E-state index contributed by atoms with van der Waals surface area (Å²) in [5.74, 6) is 0.278. The zero-order valence-corrected chi connectivity index (χ0v) is 16.4. The van der Waals surface area contributed by atoms with Gasteiger partial charge >= 0.3 is 0 Å². The van der Waals surface area contributed by atoms with Crippen molar-refractivity contribution in [1.82, 2.24) is 9.21 Å². The molecule has 1 aromatic rings. The lowest BCUT2D eigenvalue weighted by atomic mass is 9.98. The van der Waals surface area contributed by atoms with E-state index in [0.717, 1.165) is 29.8 Å². The molecule has 1 aromatic carbocycles. The molecule has 0 aromatic heterocycles. The number of nitrogens with one attached hydrogen (secondary N) is 1. The van der Waals surface area contributed by atoms with Gasteiger partial charge < -0.3 is 5.32 Å². The number of rotatable bonds is 5. The van der Waals surface area contributed by atoms with Crippen LogP contribution in [0, 0.1) is 6.92 Å². The minimum Gasteiger partial charge on any atom is -0.324 e. The molecule has 1 amide bonds. The molecular formula is C18H29N3O3S. The molecule has 0 aliphatic carbocycles. The van der Waals surface area contributed by atoms with Crippen molar-refractivity contribution in [1.29, 1.82) is 0 Å². The Balaban J connectivity index is 2.00. The van der Waals surface area contributed by atoms with Gasteiger partial charge in [0.05, 0.1) is 12.8 Å². The summed E-state index contributed by atoms with van der Waals surface area (Å²) in [5, 5.41) is 3.06. The molecule has 2 rings (SSSR count). The predicted molar refractivity (Wildman–Crippen MR) is 101 cm³/mol. The quantitative estimate of drug-likeness (QED) is 0.864. The maximum absolute atomic E-state index is 12.5. The van der Waals surface area contributed by atoms with Gasteiger partial charge in [-0.15, -0.1) is 0 Å². The molecule has 7 heteroatoms. The van der Waals surface area contributed by atoms with Gasteiger partial charge in [0.15, 0.2) is 0 Å². The minimum atomic E-state index is -3.16. The number of carbonyl (C=O) groups excluding carboxylic acids is 1. The first kappa shape index (κ1) is 19.9. The fourth-order valence-electron chi connectivity index (χ4n) is 3.16. The van der Waals surface area contributed by atoms with Crippen molar-refractivity contribution >= 4 is 21.6 Å². The second-order valence-corrected chi connectivity index (χ2v) is 9.02. The smallest absolute Gasteiger partial charge is 0.238 e. The largest absolute Gasteiger partial charge is 0.324 e. The summed E-state index contributed by atoms with van der Waals surface area (Å²) >= 11 is 0. The third-order valence-electron chi connectivity index (χ3n) is 4.58. The van der Waals surface area contributed by atoms with Crippen molar-refractivity contribution in [2.45, 2.75) is 33.1 Å². The Hall–Kier alpha value is -1.44. The van der Waals surface area contributed by atoms with E-state index in [1.54, 1.807) is 0 Å². The molecule has 0 radical (unpaired) electrons. The Labute approximate surface area is 151 Å². The van der Waals surface area contributed by atoms with Crippen molar-refractivity contribution in [2.24, 2.45) is 0 Å². The van der Waals surface area contributed by atoms with Crippen LogP contribution in [0.15, 0.2) is 18.2 Å². The Morgan fingerprint density at radius 1 is 1.20 bits per heavy atom. The fraction of sp³-hybridized carbons (Fsp3) is 0.611. The number of amides is 1. The monoisotopic (exact) mass is 367 g/mol. The summed E-state index contributed by atoms with van der Waals surface area (Å²) < 4.78 is 24.8. The van der Waals surface area contributed by atoms with Crippen LogP contribution in [-0.2, 0) is 14.8 Å². The number of nitrogens with zero attached hydrogens (tertiary/aromatic N) is 2. The highest BCUT2D eigenvalue weighted by Crippen LogP contribution is 2.27. The van der Waals surface area contributed by atoms with E-state index in [0.29, 0.717) is 25.6 Å². The number of hydrogen-bond donors (Lipinski definition) is 1. The summed E-state index contributed by atoms with van der Waals surface area (Å²) in [7, 11) is -3.16. The first-order valence-corrected chi connectivity index (χ1v) is 10.6. The summed E-state index contributed by atoms with van der Waals surface area (Å²) in [4.78, 5) is 14.5. The Bertz CT molecular complexity index is 716. The van der Waals surface area contributed by atoms with E-state index < -0.39 is 10.0 Å². The second-order valence-electron chi connectivity index (χ2n) is 7.03. The van der Waals surface area contributed by atoms with Crippen LogP contribution in [0.3, 0.4) is 0 Å². The van der Waals surface area contributed by atoms with Crippen LogP contribution < -0.4 is 5.32 Å². The number of carbonyl (C=O) groups is 1. The van der Waals surface area contributed by atoms with Gasteiger partial charge in [0.2, 0.25) is 15.9 Å². The number of aryl methyl sites for hydroxylation is 1. The van der Waals surface area contributed by atoms with Crippen LogP contribution in [0.25, 0.3) is 0 Å². The van der Waals surface area contributed by atoms with Crippen molar-refractivity contribution in [2.75, 3.05) is 44.3 Å². The minimum absolute atomic E-state index is 0.0518. The van der Waals surface area contributed by atoms with Crippen molar-refractivity contribution in [3.63, 3.8) is 0 Å². The number of benzene rings is 1. The van der Waals surface area contributed by atoms with E-state index in [-0.39, 0.29) is 12.5 Å². The van der Waals surface area contributed by atoms with E-state index in [2.05, 4.69) is 19.2 Å². The van der Waals surface area contributed by atoms with Crippen molar-refractivity contribution in [3.8, 4) is 0 Å². The lowest BCUT2D eigenvalue weighted by Gasteiger charge is -2.21. The maximum atomic E-state index is 12.5. The van der Waals surface area contributed by atoms with Gasteiger partial charge in [0.25, 0.3) is 0 Å². The molecule has 6 nitrogen and oxygen atoms in total. The summed E-state index contributed by atoms with van der Waals surface area (Å²) in [5.41, 5.74) is 3.08. The van der Waals surface area contributed by atoms with E-state index in [1.807, 2.05) is 30.0 Å². The molecule has 1 N–H and O–H groups in total. The number of sulfonamides is 1. The van der Waals surface area contributed by atoms with Gasteiger partial charge in [-0.3, -0.25) is 9.69 Å². The zero-order chi connectivity index (χ0) is 18.6. The molecule has 0 bridgehead atoms. The van der Waals surface area contributed by atoms with E-state index in [4.69, 9.17) is 0 Å². The number of anilines is 1. The molecule has 1 fully saturated rings. The molecule has 0 unspecified atom stereocenters. The first-order chi connectivity index (χ1) is 11.7. The van der Waals surface area contributed by atoms with Gasteiger partial charge in [-0.1, -0.05) is 32.0 Å². The highest BCUT2D eigenvalue weighted by atomic mass is 32.2. The molecular weight excluding hydrogens is 338 g/mol. The van der Waals surface area contributed by atoms with Gasteiger partial charge in [0.1, 0.15) is 0 Å². The second kappa shape index (κ2) is 8.29. The van der Waals surface area contributed by atoms with Crippen LogP contribution in [0.1, 0.15) is 37.3 Å². The molecule has 1 heterocycles. The molecule has 25 heavy (non-hydrogen) atoms. The normalized spacial score (nSPS) is 17.5. The lowest BCUT2D eigenvalue weighted by Crippen LogP contribution is -2.37. The van der Waals surface area contributed by atoms with Crippen LogP contribution in [0.5, 0.6) is 0 Å². The molecule has 0 atom stereocenters.